The van der Waals surface area contributed by atoms with Crippen LogP contribution in [0.15, 0.2) is 18.2 Å². The van der Waals surface area contributed by atoms with Gasteiger partial charge in [-0.3, -0.25) is 0 Å². The van der Waals surface area contributed by atoms with E-state index in [1.807, 2.05) is 6.07 Å². The number of methoxy groups -OCH3 is 2. The van der Waals surface area contributed by atoms with Gasteiger partial charge in [-0.2, -0.15) is 0 Å². The van der Waals surface area contributed by atoms with E-state index in [0.29, 0.717) is 0 Å². The third-order valence-corrected chi connectivity index (χ3v) is 15.4. The van der Waals surface area contributed by atoms with Gasteiger partial charge in [-0.1, -0.05) is 0 Å². The van der Waals surface area contributed by atoms with Crippen LogP contribution in [0.5, 0.6) is 11.5 Å². The fourth-order valence-corrected chi connectivity index (χ4v) is 15.7. The van der Waals surface area contributed by atoms with E-state index in [-0.39, 0.29) is 3.59 Å². The predicted molar refractivity (Wildman–Crippen MR) is 102 cm³/mol. The molecule has 0 aromatic heterocycles. The van der Waals surface area contributed by atoms with Crippen molar-refractivity contribution in [3.05, 3.63) is 18.2 Å². The van der Waals surface area contributed by atoms with Crippen LogP contribution < -0.4 is 14.8 Å². The van der Waals surface area contributed by atoms with Crippen LogP contribution >= 0.6 is 18.9 Å². The number of hydrogen-bond acceptors (Lipinski definition) is 2. The molecule has 2 aliphatic carbocycles. The third-order valence-electron chi connectivity index (χ3n) is 6.27. The maximum atomic E-state index is 7.02. The van der Waals surface area contributed by atoms with Gasteiger partial charge in [0.15, 0.2) is 0 Å². The summed E-state index contributed by atoms with van der Waals surface area (Å²) >= 11 is 10.6. The van der Waals surface area contributed by atoms with Crippen molar-refractivity contribution < 1.29 is 28.7 Å². The van der Waals surface area contributed by atoms with Gasteiger partial charge in [0.25, 0.3) is 0 Å². The first-order valence-electron chi connectivity index (χ1n) is 9.11. The first-order valence-corrected chi connectivity index (χ1v) is 12.7. The first-order chi connectivity index (χ1) is 11.6. The van der Waals surface area contributed by atoms with Crippen LogP contribution in [0.25, 0.3) is 0 Å². The number of halogens is 1. The minimum absolute atomic E-state index is 0.0766. The van der Waals surface area contributed by atoms with Crippen LogP contribution in [0.2, 0.25) is 0 Å². The topological polar surface area (TPSA) is 18.5 Å². The van der Waals surface area contributed by atoms with Crippen LogP contribution in [0.3, 0.4) is 0 Å². The summed E-state index contributed by atoms with van der Waals surface area (Å²) in [5.74, 6) is 1.94. The molecular weight excluding hydrogens is 433 g/mol. The second-order valence-electron chi connectivity index (χ2n) is 7.23. The van der Waals surface area contributed by atoms with E-state index in [4.69, 9.17) is 21.1 Å². The molecule has 1 atom stereocenters. The molecule has 0 radical (unpaired) electrons. The number of rotatable bonds is 6. The normalized spacial score (nSPS) is 21.9. The molecule has 0 aliphatic heterocycles. The van der Waals surface area contributed by atoms with Crippen LogP contribution in [-0.2, 0) is 19.2 Å². The fraction of sp³-hybridized carbons (Fsp3) is 0.684. The minimum atomic E-state index is -2.00. The summed E-state index contributed by atoms with van der Waals surface area (Å²) in [6, 6.07) is 6.33. The predicted octanol–water partition coefficient (Wildman–Crippen LogP) is 5.03. The van der Waals surface area contributed by atoms with Crippen molar-refractivity contribution >= 4 is 24.2 Å². The van der Waals surface area contributed by atoms with Gasteiger partial charge in [0.1, 0.15) is 0 Å². The van der Waals surface area contributed by atoms with Crippen molar-refractivity contribution in [1.29, 1.82) is 0 Å². The molecular formula is C19H29ClO2PPd. The van der Waals surface area contributed by atoms with E-state index in [1.54, 1.807) is 14.2 Å². The monoisotopic (exact) mass is 461 g/mol. The molecule has 1 aromatic rings. The zero-order chi connectivity index (χ0) is 17.2. The van der Waals surface area contributed by atoms with E-state index in [1.165, 1.54) is 56.7 Å². The summed E-state index contributed by atoms with van der Waals surface area (Å²) in [7, 11) is 1.53. The molecule has 139 valence electrons. The van der Waals surface area contributed by atoms with E-state index in [9.17, 15) is 0 Å². The quantitative estimate of drug-likeness (QED) is 0.336. The summed E-state index contributed by atoms with van der Waals surface area (Å²) in [6.07, 6.45) is 10.7. The van der Waals surface area contributed by atoms with Crippen molar-refractivity contribution in [2.24, 2.45) is 0 Å². The molecule has 0 bridgehead atoms. The van der Waals surface area contributed by atoms with Crippen molar-refractivity contribution in [2.45, 2.75) is 66.3 Å². The Morgan fingerprint density at radius 1 is 1.00 bits per heavy atom. The number of ether oxygens (including phenoxy) is 2. The molecule has 0 spiro atoms. The fourth-order valence-electron chi connectivity index (χ4n) is 5.17. The van der Waals surface area contributed by atoms with Gasteiger partial charge in [-0.15, -0.1) is 0 Å². The summed E-state index contributed by atoms with van der Waals surface area (Å²) < 4.78 is 11.5. The molecule has 5 heteroatoms. The molecule has 2 aliphatic rings. The second kappa shape index (κ2) is 8.26. The van der Waals surface area contributed by atoms with Crippen LogP contribution in [0.1, 0.15) is 51.4 Å². The Labute approximate surface area is 162 Å². The molecule has 3 rings (SSSR count). The molecule has 0 N–H and O–H groups in total. The van der Waals surface area contributed by atoms with Gasteiger partial charge in [0.05, 0.1) is 0 Å². The van der Waals surface area contributed by atoms with Gasteiger partial charge in [0.2, 0.25) is 0 Å². The average Bonchev–Trinajstić information content (AvgIpc) is 3.29. The molecule has 2 saturated carbocycles. The zero-order valence-corrected chi connectivity index (χ0v) is 17.9. The average molecular weight is 462 g/mol. The number of hydrogen-bond donors (Lipinski definition) is 0. The van der Waals surface area contributed by atoms with Gasteiger partial charge in [0, 0.05) is 0 Å². The van der Waals surface area contributed by atoms with Crippen LogP contribution in [-0.4, -0.2) is 29.1 Å². The first kappa shape index (κ1) is 19.0. The molecule has 0 amide bonds. The Hall–Kier alpha value is 0.202. The Morgan fingerprint density at radius 3 is 1.96 bits per heavy atom. The Bertz CT molecular complexity index is 538. The van der Waals surface area contributed by atoms with Gasteiger partial charge in [-0.25, -0.2) is 0 Å². The van der Waals surface area contributed by atoms with Crippen LogP contribution in [0, 0.1) is 0 Å². The SMILES string of the molecule is COc1ccc(OC)c([PH]([CH](Cl)[Pd])(C2CCCC2)C2CCCC2)c1. The Morgan fingerprint density at radius 2 is 1.54 bits per heavy atom. The molecule has 2 fully saturated rings. The van der Waals surface area contributed by atoms with E-state index >= 15 is 0 Å². The van der Waals surface area contributed by atoms with Crippen molar-refractivity contribution in [2.75, 3.05) is 14.2 Å². The van der Waals surface area contributed by atoms with E-state index in [2.05, 4.69) is 31.3 Å². The van der Waals surface area contributed by atoms with E-state index in [0.717, 1.165) is 22.8 Å². The number of alkyl halides is 1. The van der Waals surface area contributed by atoms with Crippen molar-refractivity contribution in [3.8, 4) is 11.5 Å². The number of benzene rings is 1. The molecule has 0 saturated heterocycles. The van der Waals surface area contributed by atoms with Crippen LogP contribution in [0.4, 0.5) is 0 Å². The summed E-state index contributed by atoms with van der Waals surface area (Å²) in [5.41, 5.74) is 1.50. The molecule has 1 unspecified atom stereocenters. The molecule has 0 heterocycles. The van der Waals surface area contributed by atoms with E-state index < -0.39 is 7.26 Å². The summed E-state index contributed by atoms with van der Waals surface area (Å²) in [4.78, 5) is 0. The zero-order valence-electron chi connectivity index (χ0n) is 14.6. The third kappa shape index (κ3) is 3.28. The van der Waals surface area contributed by atoms with Gasteiger partial charge >= 0.3 is 163 Å². The molecule has 24 heavy (non-hydrogen) atoms. The standard InChI is InChI=1S/C19H29ClO2P.Pd/c1-21-15-11-12-18(22-2)19(13-15)23(14-20,16-7-3-4-8-16)17-9-5-6-10-17;/h11-14,16-17,23H,3-10H2,1-2H3;. The Kier molecular flexibility index (Phi) is 6.53. The van der Waals surface area contributed by atoms with Gasteiger partial charge < -0.3 is 0 Å². The van der Waals surface area contributed by atoms with Crippen molar-refractivity contribution in [3.63, 3.8) is 0 Å². The molecule has 2 nitrogen and oxygen atoms in total. The molecule has 1 aromatic carbocycles. The summed E-state index contributed by atoms with van der Waals surface area (Å²) in [6.45, 7) is 0. The maximum absolute atomic E-state index is 7.02. The Balaban J connectivity index is 2.19. The van der Waals surface area contributed by atoms with Gasteiger partial charge in [-0.05, 0) is 0 Å². The summed E-state index contributed by atoms with van der Waals surface area (Å²) in [5, 5.41) is 1.38. The van der Waals surface area contributed by atoms with Crippen molar-refractivity contribution in [1.82, 2.24) is 0 Å². The second-order valence-corrected chi connectivity index (χ2v) is 14.8.